The number of rotatable bonds is 8. The van der Waals surface area contributed by atoms with Crippen molar-refractivity contribution in [2.75, 3.05) is 27.4 Å². The first-order chi connectivity index (χ1) is 12.3. The molecule has 0 heterocycles. The molecule has 5 heteroatoms. The van der Waals surface area contributed by atoms with Crippen LogP contribution >= 0.6 is 11.6 Å². The second-order valence-electron chi connectivity index (χ2n) is 7.10. The van der Waals surface area contributed by atoms with E-state index in [0.29, 0.717) is 36.2 Å². The van der Waals surface area contributed by atoms with E-state index < -0.39 is 0 Å². The average molecular weight is 378 g/mol. The maximum atomic E-state index is 6.29. The lowest BCUT2D eigenvalue weighted by atomic mass is 9.87. The Morgan fingerprint density at radius 1 is 0.962 bits per heavy atom. The predicted molar refractivity (Wildman–Crippen MR) is 107 cm³/mol. The van der Waals surface area contributed by atoms with Crippen molar-refractivity contribution in [2.24, 2.45) is 0 Å². The molecule has 0 unspecified atom stereocenters. The van der Waals surface area contributed by atoms with Crippen LogP contribution in [0.5, 0.6) is 17.2 Å². The molecule has 0 aliphatic rings. The summed E-state index contributed by atoms with van der Waals surface area (Å²) in [4.78, 5) is 0. The second-order valence-corrected chi connectivity index (χ2v) is 7.51. The van der Waals surface area contributed by atoms with Crippen LogP contribution in [0, 0.1) is 0 Å². The van der Waals surface area contributed by atoms with E-state index in [1.807, 2.05) is 18.2 Å². The molecule has 142 valence electrons. The van der Waals surface area contributed by atoms with Crippen molar-refractivity contribution in [1.82, 2.24) is 5.32 Å². The van der Waals surface area contributed by atoms with E-state index in [1.165, 1.54) is 5.56 Å². The van der Waals surface area contributed by atoms with E-state index >= 15 is 0 Å². The number of hydrogen-bond donors (Lipinski definition) is 1. The zero-order chi connectivity index (χ0) is 19.2. The molecule has 0 aliphatic heterocycles. The Kier molecular flexibility index (Phi) is 7.18. The van der Waals surface area contributed by atoms with Gasteiger partial charge in [0.15, 0.2) is 11.5 Å². The molecule has 26 heavy (non-hydrogen) atoms. The van der Waals surface area contributed by atoms with Gasteiger partial charge in [0.1, 0.15) is 12.4 Å². The Morgan fingerprint density at radius 3 is 2.15 bits per heavy atom. The van der Waals surface area contributed by atoms with Crippen LogP contribution in [0.4, 0.5) is 0 Å². The van der Waals surface area contributed by atoms with Gasteiger partial charge >= 0.3 is 0 Å². The van der Waals surface area contributed by atoms with Crippen molar-refractivity contribution in [1.29, 1.82) is 0 Å². The monoisotopic (exact) mass is 377 g/mol. The van der Waals surface area contributed by atoms with Gasteiger partial charge in [-0.25, -0.2) is 0 Å². The molecular formula is C21H28ClNO3. The summed E-state index contributed by atoms with van der Waals surface area (Å²) in [7, 11) is 3.21. The van der Waals surface area contributed by atoms with Crippen LogP contribution in [0.2, 0.25) is 5.02 Å². The van der Waals surface area contributed by atoms with E-state index in [2.05, 4.69) is 38.2 Å². The van der Waals surface area contributed by atoms with Crippen LogP contribution in [0.15, 0.2) is 36.4 Å². The van der Waals surface area contributed by atoms with E-state index in [0.717, 1.165) is 11.3 Å². The van der Waals surface area contributed by atoms with Gasteiger partial charge in [0, 0.05) is 24.2 Å². The number of halogens is 1. The largest absolute Gasteiger partial charge is 0.493 e. The number of hydrogen-bond acceptors (Lipinski definition) is 4. The Balaban J connectivity index is 1.80. The Labute approximate surface area is 161 Å². The normalized spacial score (nSPS) is 11.3. The van der Waals surface area contributed by atoms with Gasteiger partial charge in [-0.3, -0.25) is 0 Å². The molecule has 0 saturated heterocycles. The second kappa shape index (κ2) is 9.15. The third-order valence-electron chi connectivity index (χ3n) is 4.14. The van der Waals surface area contributed by atoms with Crippen LogP contribution in [0.3, 0.4) is 0 Å². The lowest BCUT2D eigenvalue weighted by molar-refractivity contribution is 0.313. The zero-order valence-electron chi connectivity index (χ0n) is 16.2. The molecule has 0 fully saturated rings. The summed E-state index contributed by atoms with van der Waals surface area (Å²) in [6.07, 6.45) is 0. The predicted octanol–water partition coefficient (Wildman–Crippen LogP) is 4.82. The lowest BCUT2D eigenvalue weighted by Gasteiger charge is -2.19. The first-order valence-corrected chi connectivity index (χ1v) is 9.07. The number of methoxy groups -OCH3 is 2. The molecule has 2 aromatic rings. The van der Waals surface area contributed by atoms with Crippen molar-refractivity contribution >= 4 is 11.6 Å². The van der Waals surface area contributed by atoms with Gasteiger partial charge in [-0.15, -0.1) is 0 Å². The summed E-state index contributed by atoms with van der Waals surface area (Å²) in [5.74, 6) is 2.18. The van der Waals surface area contributed by atoms with Crippen LogP contribution in [-0.2, 0) is 12.0 Å². The van der Waals surface area contributed by atoms with E-state index in [9.17, 15) is 0 Å². The summed E-state index contributed by atoms with van der Waals surface area (Å²) < 4.78 is 16.3. The minimum absolute atomic E-state index is 0.152. The van der Waals surface area contributed by atoms with Gasteiger partial charge in [-0.2, -0.15) is 0 Å². The molecule has 0 spiro atoms. The topological polar surface area (TPSA) is 39.7 Å². The Bertz CT molecular complexity index is 708. The summed E-state index contributed by atoms with van der Waals surface area (Å²) in [5.41, 5.74) is 2.41. The van der Waals surface area contributed by atoms with Crippen LogP contribution in [0.1, 0.15) is 31.9 Å². The molecule has 0 radical (unpaired) electrons. The Morgan fingerprint density at radius 2 is 1.58 bits per heavy atom. The standard InChI is InChI=1S/C21H28ClNO3/c1-21(2,3)16-6-8-17(9-7-16)26-11-10-23-14-15-12-19(24-4)20(25-5)13-18(15)22/h6-9,12-13,23H,10-11,14H2,1-5H3. The highest BCUT2D eigenvalue weighted by molar-refractivity contribution is 6.31. The fraction of sp³-hybridized carbons (Fsp3) is 0.429. The molecule has 0 atom stereocenters. The van der Waals surface area contributed by atoms with Gasteiger partial charge in [-0.1, -0.05) is 44.5 Å². The van der Waals surface area contributed by atoms with Gasteiger partial charge in [-0.05, 0) is 34.7 Å². The van der Waals surface area contributed by atoms with Gasteiger partial charge in [0.25, 0.3) is 0 Å². The van der Waals surface area contributed by atoms with E-state index in [1.54, 1.807) is 20.3 Å². The molecule has 2 aromatic carbocycles. The molecule has 0 bridgehead atoms. The first kappa shape index (κ1) is 20.4. The fourth-order valence-corrected chi connectivity index (χ4v) is 2.77. The minimum Gasteiger partial charge on any atom is -0.493 e. The zero-order valence-corrected chi connectivity index (χ0v) is 16.9. The Hall–Kier alpha value is -1.91. The van der Waals surface area contributed by atoms with Crippen LogP contribution < -0.4 is 19.5 Å². The molecular weight excluding hydrogens is 350 g/mol. The van der Waals surface area contributed by atoms with Gasteiger partial charge in [0.2, 0.25) is 0 Å². The molecule has 2 rings (SSSR count). The lowest BCUT2D eigenvalue weighted by Crippen LogP contribution is -2.21. The fourth-order valence-electron chi connectivity index (χ4n) is 2.55. The molecule has 0 saturated carbocycles. The van der Waals surface area contributed by atoms with Gasteiger partial charge in [0.05, 0.1) is 14.2 Å². The summed E-state index contributed by atoms with van der Waals surface area (Å²) >= 11 is 6.29. The van der Waals surface area contributed by atoms with Crippen LogP contribution in [-0.4, -0.2) is 27.4 Å². The summed E-state index contributed by atoms with van der Waals surface area (Å²) in [5, 5.41) is 3.98. The average Bonchev–Trinajstić information content (AvgIpc) is 2.61. The van der Waals surface area contributed by atoms with Gasteiger partial charge < -0.3 is 19.5 Å². The molecule has 4 nitrogen and oxygen atoms in total. The molecule has 0 aliphatic carbocycles. The van der Waals surface area contributed by atoms with E-state index in [4.69, 9.17) is 25.8 Å². The van der Waals surface area contributed by atoms with Crippen molar-refractivity contribution in [3.05, 3.63) is 52.5 Å². The van der Waals surface area contributed by atoms with Crippen molar-refractivity contribution in [2.45, 2.75) is 32.7 Å². The third kappa shape index (κ3) is 5.55. The molecule has 0 aromatic heterocycles. The number of nitrogens with one attached hydrogen (secondary N) is 1. The smallest absolute Gasteiger partial charge is 0.162 e. The maximum Gasteiger partial charge on any atom is 0.162 e. The highest BCUT2D eigenvalue weighted by Gasteiger charge is 2.13. The highest BCUT2D eigenvalue weighted by Crippen LogP contribution is 2.33. The minimum atomic E-state index is 0.152. The third-order valence-corrected chi connectivity index (χ3v) is 4.49. The highest BCUT2D eigenvalue weighted by atomic mass is 35.5. The van der Waals surface area contributed by atoms with E-state index in [-0.39, 0.29) is 5.41 Å². The summed E-state index contributed by atoms with van der Waals surface area (Å²) in [6.45, 7) is 8.53. The molecule has 1 N–H and O–H groups in total. The quantitative estimate of drug-likeness (QED) is 0.669. The number of ether oxygens (including phenoxy) is 3. The first-order valence-electron chi connectivity index (χ1n) is 8.69. The van der Waals surface area contributed by atoms with Crippen LogP contribution in [0.25, 0.3) is 0 Å². The number of benzene rings is 2. The summed E-state index contributed by atoms with van der Waals surface area (Å²) in [6, 6.07) is 11.9. The molecule has 0 amide bonds. The SMILES string of the molecule is COc1cc(Cl)c(CNCCOc2ccc(C(C)(C)C)cc2)cc1OC. The van der Waals surface area contributed by atoms with Crippen molar-refractivity contribution in [3.63, 3.8) is 0 Å². The van der Waals surface area contributed by atoms with Crippen molar-refractivity contribution < 1.29 is 14.2 Å². The van der Waals surface area contributed by atoms with Crippen molar-refractivity contribution in [3.8, 4) is 17.2 Å². The maximum absolute atomic E-state index is 6.29.